The van der Waals surface area contributed by atoms with E-state index in [1.807, 2.05) is 0 Å². The van der Waals surface area contributed by atoms with E-state index in [1.54, 1.807) is 0 Å². The largest absolute Gasteiger partial charge is 0.480 e. The first-order valence-electron chi connectivity index (χ1n) is 5.82. The summed E-state index contributed by atoms with van der Waals surface area (Å²) < 4.78 is 24.3. The number of hydrogen-bond donors (Lipinski definition) is 2. The van der Waals surface area contributed by atoms with E-state index in [0.29, 0.717) is 24.8 Å². The van der Waals surface area contributed by atoms with Crippen LogP contribution in [0.5, 0.6) is 0 Å². The van der Waals surface area contributed by atoms with Crippen molar-refractivity contribution in [2.75, 3.05) is 30.9 Å². The first-order chi connectivity index (χ1) is 8.30. The van der Waals surface area contributed by atoms with Gasteiger partial charge < -0.3 is 10.8 Å². The Labute approximate surface area is 112 Å². The normalized spacial score (nSPS) is 23.8. The molecule has 0 aromatic carbocycles. The standard InChI is InChI=1S/C10H20N2O4S2/c1-18(15,16)12-4-2-3-8(5-12)6-17-7-9(11)10(13)14/h8-9H,2-7,11H2,1H3,(H,13,14)/t8?,9-/m0/s1. The Balaban J connectivity index is 2.33. The van der Waals surface area contributed by atoms with E-state index in [2.05, 4.69) is 0 Å². The average molecular weight is 296 g/mol. The lowest BCUT2D eigenvalue weighted by Crippen LogP contribution is -2.40. The number of piperidine rings is 1. The lowest BCUT2D eigenvalue weighted by Gasteiger charge is -2.30. The Morgan fingerprint density at radius 1 is 1.61 bits per heavy atom. The number of hydrogen-bond acceptors (Lipinski definition) is 5. The van der Waals surface area contributed by atoms with Crippen molar-refractivity contribution in [1.82, 2.24) is 4.31 Å². The summed E-state index contributed by atoms with van der Waals surface area (Å²) in [7, 11) is -3.11. The van der Waals surface area contributed by atoms with Gasteiger partial charge in [0.15, 0.2) is 0 Å². The highest BCUT2D eigenvalue weighted by atomic mass is 32.2. The second kappa shape index (κ2) is 6.74. The highest BCUT2D eigenvalue weighted by Gasteiger charge is 2.26. The summed E-state index contributed by atoms with van der Waals surface area (Å²) in [4.78, 5) is 10.5. The van der Waals surface area contributed by atoms with Gasteiger partial charge in [0.2, 0.25) is 10.0 Å². The van der Waals surface area contributed by atoms with Gasteiger partial charge in [0.1, 0.15) is 6.04 Å². The van der Waals surface area contributed by atoms with Crippen molar-refractivity contribution in [3.63, 3.8) is 0 Å². The molecule has 0 saturated carbocycles. The average Bonchev–Trinajstić information content (AvgIpc) is 2.28. The third-order valence-electron chi connectivity index (χ3n) is 2.92. The molecule has 1 fully saturated rings. The maximum atomic E-state index is 11.4. The first kappa shape index (κ1) is 15.7. The molecule has 1 heterocycles. The van der Waals surface area contributed by atoms with Crippen LogP contribution in [0.4, 0.5) is 0 Å². The molecule has 8 heteroatoms. The van der Waals surface area contributed by atoms with E-state index in [4.69, 9.17) is 10.8 Å². The van der Waals surface area contributed by atoms with Gasteiger partial charge in [-0.1, -0.05) is 0 Å². The first-order valence-corrected chi connectivity index (χ1v) is 8.82. The minimum Gasteiger partial charge on any atom is -0.480 e. The maximum Gasteiger partial charge on any atom is 0.321 e. The van der Waals surface area contributed by atoms with Gasteiger partial charge in [-0.05, 0) is 24.5 Å². The molecule has 1 unspecified atom stereocenters. The monoisotopic (exact) mass is 296 g/mol. The van der Waals surface area contributed by atoms with Crippen LogP contribution in [-0.4, -0.2) is 60.7 Å². The lowest BCUT2D eigenvalue weighted by atomic mass is 10.0. The van der Waals surface area contributed by atoms with E-state index in [9.17, 15) is 13.2 Å². The predicted molar refractivity (Wildman–Crippen MR) is 72.1 cm³/mol. The lowest BCUT2D eigenvalue weighted by molar-refractivity contribution is -0.137. The van der Waals surface area contributed by atoms with Crippen LogP contribution >= 0.6 is 11.8 Å². The van der Waals surface area contributed by atoms with Gasteiger partial charge in [0.05, 0.1) is 6.26 Å². The summed E-state index contributed by atoms with van der Waals surface area (Å²) in [5.74, 6) is 0.418. The highest BCUT2D eigenvalue weighted by molar-refractivity contribution is 7.99. The summed E-state index contributed by atoms with van der Waals surface area (Å²) in [5.41, 5.74) is 5.40. The van der Waals surface area contributed by atoms with Crippen molar-refractivity contribution in [1.29, 1.82) is 0 Å². The Kier molecular flexibility index (Phi) is 5.90. The molecule has 1 aliphatic heterocycles. The predicted octanol–water partition coefficient (Wildman–Crippen LogP) is -0.197. The van der Waals surface area contributed by atoms with Gasteiger partial charge in [-0.15, -0.1) is 0 Å². The zero-order chi connectivity index (χ0) is 13.8. The van der Waals surface area contributed by atoms with Gasteiger partial charge in [-0.25, -0.2) is 12.7 Å². The molecule has 0 radical (unpaired) electrons. The molecule has 1 aliphatic rings. The number of rotatable bonds is 6. The van der Waals surface area contributed by atoms with Crippen LogP contribution in [0.15, 0.2) is 0 Å². The molecule has 2 atom stereocenters. The maximum absolute atomic E-state index is 11.4. The minimum atomic E-state index is -3.11. The Morgan fingerprint density at radius 2 is 2.28 bits per heavy atom. The van der Waals surface area contributed by atoms with Crippen molar-refractivity contribution >= 4 is 27.8 Å². The van der Waals surface area contributed by atoms with E-state index in [1.165, 1.54) is 22.3 Å². The van der Waals surface area contributed by atoms with Crippen LogP contribution in [0.25, 0.3) is 0 Å². The van der Waals surface area contributed by atoms with E-state index in [0.717, 1.165) is 18.6 Å². The fraction of sp³-hybridized carbons (Fsp3) is 0.900. The Hall–Kier alpha value is -0.310. The van der Waals surface area contributed by atoms with Crippen LogP contribution in [0.3, 0.4) is 0 Å². The third-order valence-corrected chi connectivity index (χ3v) is 5.49. The van der Waals surface area contributed by atoms with Crippen molar-refractivity contribution in [2.24, 2.45) is 11.7 Å². The van der Waals surface area contributed by atoms with Crippen molar-refractivity contribution in [2.45, 2.75) is 18.9 Å². The number of nitrogens with zero attached hydrogens (tertiary/aromatic N) is 1. The molecule has 1 saturated heterocycles. The quantitative estimate of drug-likeness (QED) is 0.704. The van der Waals surface area contributed by atoms with Crippen molar-refractivity contribution < 1.29 is 18.3 Å². The van der Waals surface area contributed by atoms with Crippen LogP contribution in [-0.2, 0) is 14.8 Å². The Bertz CT molecular complexity index is 385. The minimum absolute atomic E-state index is 0.291. The molecular weight excluding hydrogens is 276 g/mol. The summed E-state index contributed by atoms with van der Waals surface area (Å²) in [6, 6.07) is -0.843. The summed E-state index contributed by atoms with van der Waals surface area (Å²) in [6.45, 7) is 1.13. The molecule has 0 aliphatic carbocycles. The molecule has 0 aromatic rings. The SMILES string of the molecule is CS(=O)(=O)N1CCCC(CSC[C@H](N)C(=O)O)C1. The number of thioether (sulfide) groups is 1. The second-order valence-corrected chi connectivity index (χ2v) is 7.67. The smallest absolute Gasteiger partial charge is 0.321 e. The van der Waals surface area contributed by atoms with Gasteiger partial charge in [-0.2, -0.15) is 11.8 Å². The third kappa shape index (κ3) is 5.13. The number of carboxylic acid groups (broad SMARTS) is 1. The topological polar surface area (TPSA) is 101 Å². The molecule has 0 amide bonds. The number of carboxylic acids is 1. The van der Waals surface area contributed by atoms with E-state index in [-0.39, 0.29) is 0 Å². The fourth-order valence-corrected chi connectivity index (χ4v) is 3.98. The van der Waals surface area contributed by atoms with E-state index < -0.39 is 22.0 Å². The van der Waals surface area contributed by atoms with Gasteiger partial charge in [0.25, 0.3) is 0 Å². The van der Waals surface area contributed by atoms with Crippen LogP contribution in [0.2, 0.25) is 0 Å². The molecule has 6 nitrogen and oxygen atoms in total. The molecule has 106 valence electrons. The van der Waals surface area contributed by atoms with Crippen LogP contribution in [0, 0.1) is 5.92 Å². The van der Waals surface area contributed by atoms with Crippen LogP contribution in [0.1, 0.15) is 12.8 Å². The molecule has 0 aromatic heterocycles. The molecular formula is C10H20N2O4S2. The summed E-state index contributed by atoms with van der Waals surface area (Å²) in [6.07, 6.45) is 3.08. The number of aliphatic carboxylic acids is 1. The molecule has 1 rings (SSSR count). The molecule has 0 bridgehead atoms. The fourth-order valence-electron chi connectivity index (χ4n) is 1.90. The number of sulfonamides is 1. The Morgan fingerprint density at radius 3 is 2.83 bits per heavy atom. The zero-order valence-electron chi connectivity index (χ0n) is 10.4. The summed E-state index contributed by atoms with van der Waals surface area (Å²) >= 11 is 1.48. The molecule has 3 N–H and O–H groups in total. The molecule has 18 heavy (non-hydrogen) atoms. The molecule has 0 spiro atoms. The number of nitrogens with two attached hydrogens (primary N) is 1. The zero-order valence-corrected chi connectivity index (χ0v) is 12.0. The number of carbonyl (C=O) groups is 1. The summed E-state index contributed by atoms with van der Waals surface area (Å²) in [5, 5.41) is 8.64. The highest BCUT2D eigenvalue weighted by Crippen LogP contribution is 2.22. The van der Waals surface area contributed by atoms with Crippen LogP contribution < -0.4 is 5.73 Å². The van der Waals surface area contributed by atoms with Crippen molar-refractivity contribution in [3.05, 3.63) is 0 Å². The van der Waals surface area contributed by atoms with Crippen molar-refractivity contribution in [3.8, 4) is 0 Å². The van der Waals surface area contributed by atoms with Gasteiger partial charge >= 0.3 is 5.97 Å². The van der Waals surface area contributed by atoms with Gasteiger partial charge in [0, 0.05) is 18.8 Å². The van der Waals surface area contributed by atoms with Gasteiger partial charge in [-0.3, -0.25) is 4.79 Å². The second-order valence-electron chi connectivity index (χ2n) is 4.61. The van der Waals surface area contributed by atoms with E-state index >= 15 is 0 Å².